The van der Waals surface area contributed by atoms with Gasteiger partial charge in [-0.05, 0) is 4.76 Å². The molecule has 0 aromatic heterocycles. The van der Waals surface area contributed by atoms with Gasteiger partial charge in [-0.1, -0.05) is 0 Å². The van der Waals surface area contributed by atoms with Crippen LogP contribution in [0.25, 0.3) is 0 Å². The molecular formula is C6H9N2O+. The van der Waals surface area contributed by atoms with Crippen molar-refractivity contribution in [2.24, 2.45) is 16.8 Å². The van der Waals surface area contributed by atoms with Gasteiger partial charge in [-0.3, -0.25) is 4.99 Å². The van der Waals surface area contributed by atoms with Crippen molar-refractivity contribution >= 4 is 6.21 Å². The van der Waals surface area contributed by atoms with Crippen LogP contribution >= 0.6 is 0 Å². The molecule has 3 nitrogen and oxygen atoms in total. The maximum atomic E-state index is 10.7. The average Bonchev–Trinajstić information content (AvgIpc) is 2.22. The highest BCUT2D eigenvalue weighted by molar-refractivity contribution is 5.64. The van der Waals surface area contributed by atoms with E-state index in [2.05, 4.69) is 4.99 Å². The van der Waals surface area contributed by atoms with Crippen molar-refractivity contribution in [1.29, 1.82) is 0 Å². The lowest BCUT2D eigenvalue weighted by Crippen LogP contribution is -2.08. The lowest BCUT2D eigenvalue weighted by molar-refractivity contribution is -0.531. The van der Waals surface area contributed by atoms with Gasteiger partial charge < -0.3 is 0 Å². The quantitative estimate of drug-likeness (QED) is 0.422. The van der Waals surface area contributed by atoms with Crippen molar-refractivity contribution in [3.05, 3.63) is 4.91 Å². The molecule has 2 rings (SSSR count). The van der Waals surface area contributed by atoms with Gasteiger partial charge in [0.25, 0.3) is 0 Å². The van der Waals surface area contributed by atoms with Crippen LogP contribution in [-0.2, 0) is 0 Å². The highest BCUT2D eigenvalue weighted by Gasteiger charge is 2.40. The van der Waals surface area contributed by atoms with Gasteiger partial charge in [0, 0.05) is 17.7 Å². The number of fused-ring (bicyclic) bond motifs is 1. The highest BCUT2D eigenvalue weighted by atomic mass is 16.3. The van der Waals surface area contributed by atoms with Gasteiger partial charge in [-0.2, -0.15) is 0 Å². The Hall–Kier alpha value is -0.730. The van der Waals surface area contributed by atoms with Crippen LogP contribution in [0.1, 0.15) is 0 Å². The summed E-state index contributed by atoms with van der Waals surface area (Å²) in [5.74, 6) is 1.02. The summed E-state index contributed by atoms with van der Waals surface area (Å²) < 4.78 is 1.14. The van der Waals surface area contributed by atoms with Gasteiger partial charge in [0.15, 0.2) is 13.1 Å². The number of hydrogen-bond acceptors (Lipinski definition) is 2. The third kappa shape index (κ3) is 0.677. The molecule has 0 aliphatic carbocycles. The molecule has 1 fully saturated rings. The lowest BCUT2D eigenvalue weighted by atomic mass is 10.0. The van der Waals surface area contributed by atoms with E-state index < -0.39 is 0 Å². The number of nitrogens with zero attached hydrogens (tertiary/aromatic N) is 2. The van der Waals surface area contributed by atoms with Crippen LogP contribution < -0.4 is 0 Å². The number of hydrogen-bond donors (Lipinski definition) is 0. The first-order valence-electron chi connectivity index (χ1n) is 3.28. The average molecular weight is 125 g/mol. The van der Waals surface area contributed by atoms with E-state index in [4.69, 9.17) is 0 Å². The molecule has 0 saturated carbocycles. The van der Waals surface area contributed by atoms with Gasteiger partial charge in [0.05, 0.1) is 11.8 Å². The fourth-order valence-electron chi connectivity index (χ4n) is 1.55. The Morgan fingerprint density at radius 3 is 3.22 bits per heavy atom. The van der Waals surface area contributed by atoms with E-state index in [-0.39, 0.29) is 0 Å². The molecule has 0 spiro atoms. The maximum absolute atomic E-state index is 10.7. The Labute approximate surface area is 53.4 Å². The minimum atomic E-state index is 0.475. The van der Waals surface area contributed by atoms with E-state index in [0.29, 0.717) is 24.9 Å². The van der Waals surface area contributed by atoms with Crippen LogP contribution in [0, 0.1) is 16.7 Å². The summed E-state index contributed by atoms with van der Waals surface area (Å²) in [4.78, 5) is 14.8. The van der Waals surface area contributed by atoms with Crippen molar-refractivity contribution in [3.8, 4) is 0 Å². The largest absolute Gasteiger partial charge is 0.296 e. The Morgan fingerprint density at radius 1 is 1.56 bits per heavy atom. The van der Waals surface area contributed by atoms with E-state index in [0.717, 1.165) is 11.3 Å². The molecule has 0 bridgehead atoms. The zero-order chi connectivity index (χ0) is 6.27. The molecule has 0 amide bonds. The van der Waals surface area contributed by atoms with E-state index in [1.165, 1.54) is 0 Å². The topological polar surface area (TPSA) is 32.4 Å². The summed E-state index contributed by atoms with van der Waals surface area (Å²) in [7, 11) is 0. The minimum Gasteiger partial charge on any atom is -0.296 e. The SMILES string of the molecule is O=[N+]1CC2C=NCC2C1. The summed E-state index contributed by atoms with van der Waals surface area (Å²) in [6.07, 6.45) is 1.93. The van der Waals surface area contributed by atoms with Crippen molar-refractivity contribution < 1.29 is 4.76 Å². The number of rotatable bonds is 0. The third-order valence-corrected chi connectivity index (χ3v) is 2.09. The normalized spacial score (nSPS) is 39.8. The van der Waals surface area contributed by atoms with Gasteiger partial charge in [0.2, 0.25) is 0 Å². The standard InChI is InChI=1S/C6H9N2O/c9-8-3-5-1-7-2-6(5)4-8/h1,5-6H,2-4H2/q+1. The highest BCUT2D eigenvalue weighted by Crippen LogP contribution is 2.22. The summed E-state index contributed by atoms with van der Waals surface area (Å²) in [6, 6.07) is 0. The molecule has 0 N–H and O–H groups in total. The third-order valence-electron chi connectivity index (χ3n) is 2.09. The van der Waals surface area contributed by atoms with Gasteiger partial charge in [0.1, 0.15) is 0 Å². The predicted octanol–water partition coefficient (Wildman–Crippen LogP) is 0.0957. The Morgan fingerprint density at radius 2 is 2.44 bits per heavy atom. The molecule has 0 aromatic carbocycles. The monoisotopic (exact) mass is 125 g/mol. The second-order valence-electron chi connectivity index (χ2n) is 2.79. The van der Waals surface area contributed by atoms with Crippen LogP contribution in [0.5, 0.6) is 0 Å². The Balaban J connectivity index is 2.17. The van der Waals surface area contributed by atoms with Gasteiger partial charge >= 0.3 is 0 Å². The summed E-state index contributed by atoms with van der Waals surface area (Å²) in [6.45, 7) is 2.25. The van der Waals surface area contributed by atoms with Crippen molar-refractivity contribution in [3.63, 3.8) is 0 Å². The molecule has 2 unspecified atom stereocenters. The molecule has 2 atom stereocenters. The van der Waals surface area contributed by atoms with Crippen LogP contribution in [0.3, 0.4) is 0 Å². The summed E-state index contributed by atoms with van der Waals surface area (Å²) >= 11 is 0. The first-order valence-corrected chi connectivity index (χ1v) is 3.28. The molecule has 2 aliphatic rings. The summed E-state index contributed by atoms with van der Waals surface area (Å²) in [5, 5.41) is 0. The molecule has 3 heteroatoms. The zero-order valence-corrected chi connectivity index (χ0v) is 5.16. The number of aliphatic imine (C=N–C) groups is 1. The smallest absolute Gasteiger partial charge is 0.200 e. The molecule has 2 aliphatic heterocycles. The number of nitroso groups, excluding NO2 is 1. The van der Waals surface area contributed by atoms with E-state index in [1.807, 2.05) is 6.21 Å². The van der Waals surface area contributed by atoms with E-state index in [1.54, 1.807) is 0 Å². The maximum Gasteiger partial charge on any atom is 0.200 e. The van der Waals surface area contributed by atoms with Gasteiger partial charge in [-0.25, -0.2) is 0 Å². The van der Waals surface area contributed by atoms with Gasteiger partial charge in [-0.15, -0.1) is 0 Å². The van der Waals surface area contributed by atoms with Crippen molar-refractivity contribution in [1.82, 2.24) is 0 Å². The van der Waals surface area contributed by atoms with E-state index in [9.17, 15) is 4.91 Å². The summed E-state index contributed by atoms with van der Waals surface area (Å²) in [5.41, 5.74) is 0. The lowest BCUT2D eigenvalue weighted by Gasteiger charge is -1.93. The Bertz CT molecular complexity index is 176. The molecule has 1 saturated heterocycles. The minimum absolute atomic E-state index is 0.475. The van der Waals surface area contributed by atoms with Crippen LogP contribution in [0.15, 0.2) is 4.99 Å². The molecule has 9 heavy (non-hydrogen) atoms. The van der Waals surface area contributed by atoms with Crippen LogP contribution in [-0.4, -0.2) is 30.6 Å². The molecular weight excluding hydrogens is 116 g/mol. The molecule has 2 heterocycles. The fraction of sp³-hybridized carbons (Fsp3) is 0.833. The molecule has 0 radical (unpaired) electrons. The van der Waals surface area contributed by atoms with E-state index >= 15 is 0 Å². The second kappa shape index (κ2) is 1.62. The van der Waals surface area contributed by atoms with Crippen LogP contribution in [0.2, 0.25) is 0 Å². The first kappa shape index (κ1) is 5.09. The van der Waals surface area contributed by atoms with Crippen LogP contribution in [0.4, 0.5) is 0 Å². The second-order valence-corrected chi connectivity index (χ2v) is 2.79. The molecule has 0 aromatic rings. The van der Waals surface area contributed by atoms with Crippen molar-refractivity contribution in [2.45, 2.75) is 0 Å². The predicted molar refractivity (Wildman–Crippen MR) is 33.7 cm³/mol. The fourth-order valence-corrected chi connectivity index (χ4v) is 1.55. The Kier molecular flexibility index (Phi) is 0.917. The zero-order valence-electron chi connectivity index (χ0n) is 5.16. The first-order chi connectivity index (χ1) is 4.36. The van der Waals surface area contributed by atoms with Crippen molar-refractivity contribution in [2.75, 3.05) is 19.6 Å². The molecule has 48 valence electrons.